The standard InChI is InChI=1S/C13H13FN2/c1-10-7-13(5-6-15-10)16-9-11-3-2-4-12(14)8-11/h2-8H,9H2,1H3,(H,15,16). The van der Waals surface area contributed by atoms with Crippen LogP contribution in [0.15, 0.2) is 42.6 Å². The number of aromatic nitrogens is 1. The van der Waals surface area contributed by atoms with Crippen molar-refractivity contribution in [2.45, 2.75) is 13.5 Å². The Balaban J connectivity index is 2.02. The maximum Gasteiger partial charge on any atom is 0.123 e. The minimum Gasteiger partial charge on any atom is -0.381 e. The van der Waals surface area contributed by atoms with Crippen molar-refractivity contribution in [1.82, 2.24) is 4.98 Å². The number of hydrogen-bond acceptors (Lipinski definition) is 2. The van der Waals surface area contributed by atoms with E-state index in [1.807, 2.05) is 25.1 Å². The van der Waals surface area contributed by atoms with Crippen LogP contribution < -0.4 is 5.32 Å². The van der Waals surface area contributed by atoms with Gasteiger partial charge in [-0.25, -0.2) is 4.39 Å². The molecule has 82 valence electrons. The number of halogens is 1. The van der Waals surface area contributed by atoms with Gasteiger partial charge in [-0.05, 0) is 36.8 Å². The van der Waals surface area contributed by atoms with Gasteiger partial charge in [-0.1, -0.05) is 12.1 Å². The number of aryl methyl sites for hydroxylation is 1. The van der Waals surface area contributed by atoms with Gasteiger partial charge in [0, 0.05) is 24.1 Å². The molecular weight excluding hydrogens is 203 g/mol. The fourth-order valence-corrected chi connectivity index (χ4v) is 1.51. The van der Waals surface area contributed by atoms with Crippen molar-refractivity contribution in [1.29, 1.82) is 0 Å². The van der Waals surface area contributed by atoms with Gasteiger partial charge in [0.2, 0.25) is 0 Å². The Morgan fingerprint density at radius 3 is 2.88 bits per heavy atom. The molecule has 0 saturated heterocycles. The number of nitrogens with one attached hydrogen (secondary N) is 1. The molecule has 0 saturated carbocycles. The quantitative estimate of drug-likeness (QED) is 0.852. The highest BCUT2D eigenvalue weighted by Gasteiger charge is 1.96. The van der Waals surface area contributed by atoms with Gasteiger partial charge in [0.15, 0.2) is 0 Å². The van der Waals surface area contributed by atoms with Gasteiger partial charge in [-0.2, -0.15) is 0 Å². The van der Waals surface area contributed by atoms with Gasteiger partial charge in [0.05, 0.1) is 0 Å². The first-order valence-electron chi connectivity index (χ1n) is 5.15. The highest BCUT2D eigenvalue weighted by atomic mass is 19.1. The maximum absolute atomic E-state index is 12.9. The smallest absolute Gasteiger partial charge is 0.123 e. The van der Waals surface area contributed by atoms with E-state index in [9.17, 15) is 4.39 Å². The van der Waals surface area contributed by atoms with E-state index in [1.54, 1.807) is 12.3 Å². The topological polar surface area (TPSA) is 24.9 Å². The van der Waals surface area contributed by atoms with Crippen LogP contribution >= 0.6 is 0 Å². The molecule has 0 bridgehead atoms. The lowest BCUT2D eigenvalue weighted by Gasteiger charge is -2.06. The zero-order valence-corrected chi connectivity index (χ0v) is 9.07. The van der Waals surface area contributed by atoms with Crippen LogP contribution in [0, 0.1) is 12.7 Å². The largest absolute Gasteiger partial charge is 0.381 e. The van der Waals surface area contributed by atoms with Crippen molar-refractivity contribution in [3.8, 4) is 0 Å². The molecule has 0 unspecified atom stereocenters. The number of benzene rings is 1. The fraction of sp³-hybridized carbons (Fsp3) is 0.154. The van der Waals surface area contributed by atoms with E-state index in [0.29, 0.717) is 6.54 Å². The number of nitrogens with zero attached hydrogens (tertiary/aromatic N) is 1. The molecule has 0 aliphatic rings. The molecule has 0 radical (unpaired) electrons. The van der Waals surface area contributed by atoms with E-state index < -0.39 is 0 Å². The van der Waals surface area contributed by atoms with E-state index in [2.05, 4.69) is 10.3 Å². The average molecular weight is 216 g/mol. The van der Waals surface area contributed by atoms with Crippen molar-refractivity contribution >= 4 is 5.69 Å². The molecule has 1 heterocycles. The summed E-state index contributed by atoms with van der Waals surface area (Å²) in [6.07, 6.45) is 1.75. The van der Waals surface area contributed by atoms with Crippen molar-refractivity contribution in [2.75, 3.05) is 5.32 Å². The summed E-state index contributed by atoms with van der Waals surface area (Å²) in [6.45, 7) is 2.55. The summed E-state index contributed by atoms with van der Waals surface area (Å²) in [4.78, 5) is 4.11. The van der Waals surface area contributed by atoms with Gasteiger partial charge >= 0.3 is 0 Å². The second-order valence-corrected chi connectivity index (χ2v) is 3.67. The van der Waals surface area contributed by atoms with Crippen molar-refractivity contribution in [3.05, 3.63) is 59.7 Å². The van der Waals surface area contributed by atoms with Gasteiger partial charge < -0.3 is 5.32 Å². The third kappa shape index (κ3) is 2.79. The molecule has 0 aliphatic heterocycles. The molecule has 0 fully saturated rings. The first-order chi connectivity index (χ1) is 7.74. The third-order valence-corrected chi connectivity index (χ3v) is 2.28. The Morgan fingerprint density at radius 2 is 2.12 bits per heavy atom. The monoisotopic (exact) mass is 216 g/mol. The molecular formula is C13H13FN2. The summed E-state index contributed by atoms with van der Waals surface area (Å²) in [5, 5.41) is 3.22. The van der Waals surface area contributed by atoms with Crippen molar-refractivity contribution in [3.63, 3.8) is 0 Å². The van der Waals surface area contributed by atoms with Crippen molar-refractivity contribution < 1.29 is 4.39 Å². The van der Waals surface area contributed by atoms with Crippen molar-refractivity contribution in [2.24, 2.45) is 0 Å². The summed E-state index contributed by atoms with van der Waals surface area (Å²) >= 11 is 0. The van der Waals surface area contributed by atoms with E-state index in [-0.39, 0.29) is 5.82 Å². The lowest BCUT2D eigenvalue weighted by Crippen LogP contribution is -2.00. The van der Waals surface area contributed by atoms with Crippen LogP contribution in [-0.4, -0.2) is 4.98 Å². The molecule has 1 aromatic carbocycles. The van der Waals surface area contributed by atoms with Crippen LogP contribution in [0.1, 0.15) is 11.3 Å². The van der Waals surface area contributed by atoms with Gasteiger partial charge in [0.1, 0.15) is 5.82 Å². The Bertz CT molecular complexity index is 437. The fourth-order valence-electron chi connectivity index (χ4n) is 1.51. The molecule has 2 nitrogen and oxygen atoms in total. The second kappa shape index (κ2) is 4.75. The van der Waals surface area contributed by atoms with Crippen LogP contribution in [0.4, 0.5) is 10.1 Å². The lowest BCUT2D eigenvalue weighted by atomic mass is 10.2. The maximum atomic E-state index is 12.9. The zero-order valence-electron chi connectivity index (χ0n) is 9.07. The normalized spacial score (nSPS) is 10.1. The highest BCUT2D eigenvalue weighted by Crippen LogP contribution is 2.10. The molecule has 2 aromatic rings. The van der Waals surface area contributed by atoms with Gasteiger partial charge in [-0.3, -0.25) is 4.98 Å². The molecule has 0 amide bonds. The minimum absolute atomic E-state index is 0.204. The number of rotatable bonds is 3. The molecule has 0 aliphatic carbocycles. The molecule has 2 rings (SSSR count). The predicted molar refractivity (Wildman–Crippen MR) is 62.7 cm³/mol. The van der Waals surface area contributed by atoms with E-state index in [4.69, 9.17) is 0 Å². The van der Waals surface area contributed by atoms with E-state index in [0.717, 1.165) is 16.9 Å². The van der Waals surface area contributed by atoms with Crippen LogP contribution in [0.5, 0.6) is 0 Å². The summed E-state index contributed by atoms with van der Waals surface area (Å²) < 4.78 is 12.9. The Hall–Kier alpha value is -1.90. The average Bonchev–Trinajstić information content (AvgIpc) is 2.27. The molecule has 0 atom stereocenters. The highest BCUT2D eigenvalue weighted by molar-refractivity contribution is 5.43. The predicted octanol–water partition coefficient (Wildman–Crippen LogP) is 3.14. The molecule has 0 spiro atoms. The van der Waals surface area contributed by atoms with E-state index in [1.165, 1.54) is 12.1 Å². The molecule has 1 aromatic heterocycles. The first kappa shape index (κ1) is 10.6. The number of pyridine rings is 1. The van der Waals surface area contributed by atoms with Gasteiger partial charge in [-0.15, -0.1) is 0 Å². The lowest BCUT2D eigenvalue weighted by molar-refractivity contribution is 0.626. The Morgan fingerprint density at radius 1 is 1.25 bits per heavy atom. The molecule has 1 N–H and O–H groups in total. The first-order valence-corrected chi connectivity index (χ1v) is 5.15. The Labute approximate surface area is 94.2 Å². The summed E-state index contributed by atoms with van der Waals surface area (Å²) in [7, 11) is 0. The SMILES string of the molecule is Cc1cc(NCc2cccc(F)c2)ccn1. The van der Waals surface area contributed by atoms with E-state index >= 15 is 0 Å². The van der Waals surface area contributed by atoms with Crippen LogP contribution in [0.3, 0.4) is 0 Å². The molecule has 3 heteroatoms. The summed E-state index contributed by atoms with van der Waals surface area (Å²) in [6, 6.07) is 10.4. The Kier molecular flexibility index (Phi) is 3.15. The summed E-state index contributed by atoms with van der Waals surface area (Å²) in [5.74, 6) is -0.204. The third-order valence-electron chi connectivity index (χ3n) is 2.28. The van der Waals surface area contributed by atoms with Gasteiger partial charge in [0.25, 0.3) is 0 Å². The summed E-state index contributed by atoms with van der Waals surface area (Å²) in [5.41, 5.74) is 2.88. The minimum atomic E-state index is -0.204. The number of hydrogen-bond donors (Lipinski definition) is 1. The molecule has 16 heavy (non-hydrogen) atoms. The zero-order chi connectivity index (χ0) is 11.4. The van der Waals surface area contributed by atoms with Crippen LogP contribution in [-0.2, 0) is 6.54 Å². The second-order valence-electron chi connectivity index (χ2n) is 3.67. The number of anilines is 1. The van der Waals surface area contributed by atoms with Crippen LogP contribution in [0.2, 0.25) is 0 Å². The van der Waals surface area contributed by atoms with Crippen LogP contribution in [0.25, 0.3) is 0 Å².